The van der Waals surface area contributed by atoms with Crippen LogP contribution in [0, 0.1) is 23.7 Å². The standard InChI is InChI=1S/C30H29N/c1-2-20-11-12-25-29-28(20)23-7-3-5-9-26(23)31(29)27-10-6-4-8-24(27)30(25)21-14-18-13-19(16-21)17-22(30)15-18/h3-12,18-19,21-22H,2,13-17H2,1H3. The number of aryl methyl sites for hydroxylation is 1. The number of rotatable bonds is 1. The average Bonchev–Trinajstić information content (AvgIpc) is 3.15. The topological polar surface area (TPSA) is 4.93 Å². The molecule has 0 radical (unpaired) electrons. The number of hydrogen-bond acceptors (Lipinski definition) is 0. The molecule has 1 aromatic heterocycles. The molecule has 154 valence electrons. The summed E-state index contributed by atoms with van der Waals surface area (Å²) in [6, 6.07) is 23.7. The highest BCUT2D eigenvalue weighted by molar-refractivity contribution is 6.13. The van der Waals surface area contributed by atoms with Crippen LogP contribution in [0.25, 0.3) is 27.5 Å². The number of hydrogen-bond donors (Lipinski definition) is 0. The average molecular weight is 404 g/mol. The minimum Gasteiger partial charge on any atom is -0.309 e. The number of nitrogens with zero attached hydrogens (tertiary/aromatic N) is 1. The van der Waals surface area contributed by atoms with Gasteiger partial charge in [-0.25, -0.2) is 0 Å². The van der Waals surface area contributed by atoms with E-state index in [4.69, 9.17) is 0 Å². The Balaban J connectivity index is 1.60. The Bertz CT molecular complexity index is 1360. The predicted molar refractivity (Wildman–Crippen MR) is 128 cm³/mol. The van der Waals surface area contributed by atoms with E-state index in [0.717, 1.165) is 30.1 Å². The molecule has 4 saturated carbocycles. The van der Waals surface area contributed by atoms with E-state index < -0.39 is 0 Å². The van der Waals surface area contributed by atoms with E-state index in [1.54, 1.807) is 11.1 Å². The fraction of sp³-hybridized carbons (Fsp3) is 0.400. The lowest BCUT2D eigenvalue weighted by molar-refractivity contribution is -0.0418. The second-order valence-electron chi connectivity index (χ2n) is 10.9. The highest BCUT2D eigenvalue weighted by Crippen LogP contribution is 2.68. The maximum Gasteiger partial charge on any atom is 0.0585 e. The molecule has 4 aliphatic carbocycles. The van der Waals surface area contributed by atoms with Crippen LogP contribution in [0.3, 0.4) is 0 Å². The third kappa shape index (κ3) is 1.84. The number of fused-ring (bicyclic) bond motifs is 5. The van der Waals surface area contributed by atoms with Crippen molar-refractivity contribution < 1.29 is 0 Å². The first-order valence-corrected chi connectivity index (χ1v) is 12.5. The largest absolute Gasteiger partial charge is 0.309 e. The van der Waals surface area contributed by atoms with Crippen LogP contribution >= 0.6 is 0 Å². The molecule has 4 bridgehead atoms. The number of benzene rings is 3. The van der Waals surface area contributed by atoms with Gasteiger partial charge in [-0.3, -0.25) is 0 Å². The molecule has 1 heteroatoms. The Morgan fingerprint density at radius 1 is 0.774 bits per heavy atom. The van der Waals surface area contributed by atoms with Gasteiger partial charge in [0.2, 0.25) is 0 Å². The van der Waals surface area contributed by atoms with Crippen LogP contribution in [-0.4, -0.2) is 4.57 Å². The third-order valence-electron chi connectivity index (χ3n) is 9.75. The normalized spacial score (nSPS) is 32.3. The van der Waals surface area contributed by atoms with Gasteiger partial charge in [-0.05, 0) is 91.0 Å². The van der Waals surface area contributed by atoms with E-state index in [1.807, 2.05) is 0 Å². The van der Waals surface area contributed by atoms with Crippen molar-refractivity contribution in [3.8, 4) is 5.69 Å². The van der Waals surface area contributed by atoms with E-state index in [2.05, 4.69) is 72.2 Å². The summed E-state index contributed by atoms with van der Waals surface area (Å²) in [6.07, 6.45) is 8.37. The van der Waals surface area contributed by atoms with Crippen LogP contribution in [0.15, 0.2) is 60.7 Å². The van der Waals surface area contributed by atoms with Crippen LogP contribution < -0.4 is 0 Å². The lowest BCUT2D eigenvalue weighted by atomic mass is 9.41. The van der Waals surface area contributed by atoms with E-state index in [9.17, 15) is 0 Å². The fourth-order valence-electron chi connectivity index (χ4n) is 9.02. The first-order valence-electron chi connectivity index (χ1n) is 12.5. The van der Waals surface area contributed by atoms with Crippen molar-refractivity contribution in [3.63, 3.8) is 0 Å². The monoisotopic (exact) mass is 403 g/mol. The molecule has 4 fully saturated rings. The van der Waals surface area contributed by atoms with Gasteiger partial charge in [-0.15, -0.1) is 0 Å². The molecule has 0 saturated heterocycles. The highest BCUT2D eigenvalue weighted by atomic mass is 15.0. The molecule has 31 heavy (non-hydrogen) atoms. The molecule has 0 atom stereocenters. The van der Waals surface area contributed by atoms with Gasteiger partial charge in [0.05, 0.1) is 16.7 Å². The first-order chi connectivity index (χ1) is 15.3. The minimum atomic E-state index is 0.221. The predicted octanol–water partition coefficient (Wildman–Crippen LogP) is 7.40. The van der Waals surface area contributed by atoms with E-state index >= 15 is 0 Å². The van der Waals surface area contributed by atoms with Gasteiger partial charge in [0, 0.05) is 16.2 Å². The lowest BCUT2D eigenvalue weighted by Crippen LogP contribution is -2.57. The zero-order chi connectivity index (χ0) is 20.3. The maximum absolute atomic E-state index is 2.63. The molecule has 0 amide bonds. The minimum absolute atomic E-state index is 0.221. The lowest BCUT2D eigenvalue weighted by Gasteiger charge is -2.63. The van der Waals surface area contributed by atoms with Gasteiger partial charge >= 0.3 is 0 Å². The highest BCUT2D eigenvalue weighted by Gasteiger charge is 2.60. The summed E-state index contributed by atoms with van der Waals surface area (Å²) >= 11 is 0. The summed E-state index contributed by atoms with van der Waals surface area (Å²) in [5.74, 6) is 3.59. The van der Waals surface area contributed by atoms with Crippen molar-refractivity contribution in [2.24, 2.45) is 23.7 Å². The smallest absolute Gasteiger partial charge is 0.0585 e. The zero-order valence-electron chi connectivity index (χ0n) is 18.3. The molecule has 4 aromatic rings. The molecule has 0 N–H and O–H groups in total. The molecule has 1 aliphatic heterocycles. The SMILES string of the molecule is CCc1ccc2c3c1c1ccccc1n3-c1ccccc1C21C2CC3CC(C2)CC1C3. The van der Waals surface area contributed by atoms with Gasteiger partial charge in [0.15, 0.2) is 0 Å². The Morgan fingerprint density at radius 3 is 2.26 bits per heavy atom. The molecule has 2 heterocycles. The van der Waals surface area contributed by atoms with Crippen molar-refractivity contribution in [2.45, 2.75) is 50.9 Å². The van der Waals surface area contributed by atoms with Gasteiger partial charge < -0.3 is 4.57 Å². The molecular weight excluding hydrogens is 374 g/mol. The molecule has 5 aliphatic rings. The van der Waals surface area contributed by atoms with Gasteiger partial charge in [0.25, 0.3) is 0 Å². The second-order valence-corrected chi connectivity index (χ2v) is 10.9. The maximum atomic E-state index is 2.63. The molecule has 1 nitrogen and oxygen atoms in total. The second kappa shape index (κ2) is 5.63. The van der Waals surface area contributed by atoms with Crippen molar-refractivity contribution in [3.05, 3.63) is 77.4 Å². The molecule has 3 aromatic carbocycles. The Morgan fingerprint density at radius 2 is 1.48 bits per heavy atom. The van der Waals surface area contributed by atoms with E-state index in [-0.39, 0.29) is 5.41 Å². The first kappa shape index (κ1) is 17.1. The van der Waals surface area contributed by atoms with Crippen LogP contribution in [0.5, 0.6) is 0 Å². The summed E-state index contributed by atoms with van der Waals surface area (Å²) < 4.78 is 2.63. The van der Waals surface area contributed by atoms with Crippen LogP contribution in [0.2, 0.25) is 0 Å². The number of para-hydroxylation sites is 2. The number of aromatic nitrogens is 1. The van der Waals surface area contributed by atoms with Gasteiger partial charge in [0.1, 0.15) is 0 Å². The third-order valence-corrected chi connectivity index (χ3v) is 9.75. The van der Waals surface area contributed by atoms with Crippen molar-refractivity contribution in [2.75, 3.05) is 0 Å². The van der Waals surface area contributed by atoms with Crippen LogP contribution in [0.4, 0.5) is 0 Å². The summed E-state index contributed by atoms with van der Waals surface area (Å²) in [5, 5.41) is 2.96. The quantitative estimate of drug-likeness (QED) is 0.312. The van der Waals surface area contributed by atoms with Crippen LogP contribution in [0.1, 0.15) is 55.7 Å². The fourth-order valence-corrected chi connectivity index (χ4v) is 9.02. The summed E-state index contributed by atoms with van der Waals surface area (Å²) in [4.78, 5) is 0. The van der Waals surface area contributed by atoms with Crippen molar-refractivity contribution in [1.29, 1.82) is 0 Å². The molecule has 9 rings (SSSR count). The molecule has 1 spiro atoms. The van der Waals surface area contributed by atoms with Crippen molar-refractivity contribution >= 4 is 21.8 Å². The van der Waals surface area contributed by atoms with E-state index in [1.165, 1.54) is 65.2 Å². The molecule has 0 unspecified atom stereocenters. The van der Waals surface area contributed by atoms with Crippen molar-refractivity contribution in [1.82, 2.24) is 4.57 Å². The summed E-state index contributed by atoms with van der Waals surface area (Å²) in [5.41, 5.74) is 9.39. The summed E-state index contributed by atoms with van der Waals surface area (Å²) in [7, 11) is 0. The van der Waals surface area contributed by atoms with Crippen LogP contribution in [-0.2, 0) is 11.8 Å². The molecular formula is C30H29N. The Kier molecular flexibility index (Phi) is 3.10. The zero-order valence-corrected chi connectivity index (χ0v) is 18.3. The van der Waals surface area contributed by atoms with Gasteiger partial charge in [-0.2, -0.15) is 0 Å². The Labute approximate surface area is 184 Å². The summed E-state index contributed by atoms with van der Waals surface area (Å²) in [6.45, 7) is 2.32. The van der Waals surface area contributed by atoms with Gasteiger partial charge in [-0.1, -0.05) is 55.5 Å². The van der Waals surface area contributed by atoms with E-state index in [0.29, 0.717) is 0 Å². The Hall–Kier alpha value is -2.54.